The van der Waals surface area contributed by atoms with E-state index in [4.69, 9.17) is 9.47 Å². The van der Waals surface area contributed by atoms with Gasteiger partial charge in [-0.3, -0.25) is 19.2 Å². The number of allylic oxidation sites excluding steroid dienone is 4. The molecule has 4 unspecified atom stereocenters. The van der Waals surface area contributed by atoms with Gasteiger partial charge in [0.2, 0.25) is 0 Å². The minimum Gasteiger partial charge on any atom is -0.462 e. The van der Waals surface area contributed by atoms with Gasteiger partial charge in [0.05, 0.1) is 0 Å². The Morgan fingerprint density at radius 1 is 0.750 bits per heavy atom. The van der Waals surface area contributed by atoms with Crippen LogP contribution in [0.25, 0.3) is 0 Å². The Bertz CT molecular complexity index is 647. The van der Waals surface area contributed by atoms with Crippen LogP contribution >= 0.6 is 0 Å². The van der Waals surface area contributed by atoms with E-state index in [0.29, 0.717) is 25.7 Å². The average molecular weight is 447 g/mol. The smallest absolute Gasteiger partial charge is 0.306 e. The maximum absolute atomic E-state index is 12.2. The van der Waals surface area contributed by atoms with Crippen LogP contribution in [0.3, 0.4) is 0 Å². The third kappa shape index (κ3) is 8.36. The molecule has 2 aliphatic rings. The highest BCUT2D eigenvalue weighted by molar-refractivity contribution is 5.85. The Hall–Kier alpha value is -2.24. The molecule has 0 bridgehead atoms. The van der Waals surface area contributed by atoms with Gasteiger partial charge in [0.25, 0.3) is 0 Å². The summed E-state index contributed by atoms with van der Waals surface area (Å²) in [5.74, 6) is -0.397. The van der Waals surface area contributed by atoms with Gasteiger partial charge < -0.3 is 9.47 Å². The number of Topliss-reactive ketones (excluding diaryl/α,β-unsaturated/α-hetero) is 2. The van der Waals surface area contributed by atoms with Crippen LogP contribution < -0.4 is 0 Å². The maximum atomic E-state index is 12.2. The van der Waals surface area contributed by atoms with Crippen molar-refractivity contribution < 1.29 is 28.7 Å². The van der Waals surface area contributed by atoms with E-state index in [1.165, 1.54) is 0 Å². The lowest BCUT2D eigenvalue weighted by molar-refractivity contribution is -0.153. The molecule has 0 radical (unpaired) electrons. The van der Waals surface area contributed by atoms with E-state index in [2.05, 4.69) is 0 Å². The molecule has 32 heavy (non-hydrogen) atoms. The van der Waals surface area contributed by atoms with E-state index in [-0.39, 0.29) is 73.2 Å². The summed E-state index contributed by atoms with van der Waals surface area (Å²) < 4.78 is 10.5. The fraction of sp³-hybridized carbons (Fsp3) is 0.692. The lowest BCUT2D eigenvalue weighted by Crippen LogP contribution is -2.21. The monoisotopic (exact) mass is 446 g/mol. The molecule has 2 aliphatic carbocycles. The van der Waals surface area contributed by atoms with Crippen LogP contribution in [-0.4, -0.2) is 36.7 Å². The predicted octanol–water partition coefficient (Wildman–Crippen LogP) is 4.76. The van der Waals surface area contributed by atoms with Gasteiger partial charge in [-0.25, -0.2) is 0 Å². The van der Waals surface area contributed by atoms with Crippen molar-refractivity contribution in [3.63, 3.8) is 0 Å². The summed E-state index contributed by atoms with van der Waals surface area (Å²) >= 11 is 0. The first kappa shape index (κ1) is 26.0. The SMILES string of the molecule is CCC=CCC1C(=O)CCC1CC(=O)OCCOC(=O)CC1CCC(=O)C1CC=CCC. The zero-order valence-corrected chi connectivity index (χ0v) is 19.6. The van der Waals surface area contributed by atoms with Crippen LogP contribution in [0.1, 0.15) is 78.1 Å². The molecule has 6 nitrogen and oxygen atoms in total. The van der Waals surface area contributed by atoms with Gasteiger partial charge in [-0.1, -0.05) is 38.2 Å². The standard InChI is InChI=1S/C26H38O6/c1-3-5-7-9-21-19(11-13-23(21)27)17-25(29)31-15-16-32-26(30)18-20-12-14-24(28)22(20)10-8-6-4-2/h5-8,19-22H,3-4,9-18H2,1-2H3. The fourth-order valence-electron chi connectivity index (χ4n) is 4.77. The molecule has 6 heteroatoms. The molecule has 0 saturated heterocycles. The van der Waals surface area contributed by atoms with Crippen molar-refractivity contribution in [1.29, 1.82) is 0 Å². The summed E-state index contributed by atoms with van der Waals surface area (Å²) in [6.45, 7) is 4.12. The lowest BCUT2D eigenvalue weighted by atomic mass is 9.89. The summed E-state index contributed by atoms with van der Waals surface area (Å²) in [4.78, 5) is 48.5. The number of ketones is 2. The summed E-state index contributed by atoms with van der Waals surface area (Å²) in [5.41, 5.74) is 0. The van der Waals surface area contributed by atoms with Crippen molar-refractivity contribution in [2.75, 3.05) is 13.2 Å². The van der Waals surface area contributed by atoms with Crippen molar-refractivity contribution in [2.24, 2.45) is 23.7 Å². The Morgan fingerprint density at radius 2 is 1.16 bits per heavy atom. The minimum absolute atomic E-state index is 0.0118. The third-order valence-electron chi connectivity index (χ3n) is 6.54. The Morgan fingerprint density at radius 3 is 1.53 bits per heavy atom. The molecule has 0 amide bonds. The van der Waals surface area contributed by atoms with Crippen LogP contribution in [0, 0.1) is 23.7 Å². The van der Waals surface area contributed by atoms with E-state index in [0.717, 1.165) is 25.7 Å². The van der Waals surface area contributed by atoms with Crippen LogP contribution in [0.5, 0.6) is 0 Å². The number of carbonyl (C=O) groups excluding carboxylic acids is 4. The zero-order chi connectivity index (χ0) is 23.3. The van der Waals surface area contributed by atoms with E-state index in [1.807, 2.05) is 38.2 Å². The summed E-state index contributed by atoms with van der Waals surface area (Å²) in [6, 6.07) is 0. The van der Waals surface area contributed by atoms with E-state index < -0.39 is 0 Å². The molecule has 0 spiro atoms. The second kappa shape index (κ2) is 14.0. The highest BCUT2D eigenvalue weighted by Crippen LogP contribution is 2.35. The van der Waals surface area contributed by atoms with Gasteiger partial charge >= 0.3 is 11.9 Å². The van der Waals surface area contributed by atoms with Gasteiger partial charge in [-0.05, 0) is 50.4 Å². The molecule has 0 aromatic heterocycles. The van der Waals surface area contributed by atoms with Crippen LogP contribution in [0.2, 0.25) is 0 Å². The van der Waals surface area contributed by atoms with Gasteiger partial charge in [0.1, 0.15) is 24.8 Å². The average Bonchev–Trinajstić information content (AvgIpc) is 3.28. The number of esters is 2. The van der Waals surface area contributed by atoms with Crippen LogP contribution in [0.4, 0.5) is 0 Å². The molecule has 2 saturated carbocycles. The van der Waals surface area contributed by atoms with Gasteiger partial charge in [0.15, 0.2) is 0 Å². The first-order valence-electron chi connectivity index (χ1n) is 12.1. The number of hydrogen-bond acceptors (Lipinski definition) is 6. The quantitative estimate of drug-likeness (QED) is 0.230. The molecule has 2 rings (SSSR count). The molecule has 0 heterocycles. The summed E-state index contributed by atoms with van der Waals surface area (Å²) in [6.07, 6.45) is 14.3. The molecule has 0 aromatic carbocycles. The summed E-state index contributed by atoms with van der Waals surface area (Å²) in [5, 5.41) is 0. The van der Waals surface area contributed by atoms with Crippen molar-refractivity contribution in [2.45, 2.75) is 78.1 Å². The molecular weight excluding hydrogens is 408 g/mol. The Labute approximate surface area is 191 Å². The van der Waals surface area contributed by atoms with Gasteiger partial charge in [0, 0.05) is 37.5 Å². The first-order chi connectivity index (χ1) is 15.5. The maximum Gasteiger partial charge on any atom is 0.306 e. The predicted molar refractivity (Wildman–Crippen MR) is 122 cm³/mol. The molecule has 0 aromatic rings. The highest BCUT2D eigenvalue weighted by Gasteiger charge is 2.36. The van der Waals surface area contributed by atoms with Crippen molar-refractivity contribution in [1.82, 2.24) is 0 Å². The largest absolute Gasteiger partial charge is 0.462 e. The molecule has 4 atom stereocenters. The van der Waals surface area contributed by atoms with Crippen molar-refractivity contribution in [3.8, 4) is 0 Å². The Kier molecular flexibility index (Phi) is 11.4. The minimum atomic E-state index is -0.352. The molecule has 0 aliphatic heterocycles. The Balaban J connectivity index is 1.66. The second-order valence-corrected chi connectivity index (χ2v) is 8.82. The van der Waals surface area contributed by atoms with Crippen LogP contribution in [0.15, 0.2) is 24.3 Å². The summed E-state index contributed by atoms with van der Waals surface area (Å²) in [7, 11) is 0. The molecular formula is C26H38O6. The second-order valence-electron chi connectivity index (χ2n) is 8.82. The number of rotatable bonds is 13. The van der Waals surface area contributed by atoms with E-state index in [1.54, 1.807) is 0 Å². The van der Waals surface area contributed by atoms with E-state index in [9.17, 15) is 19.2 Å². The van der Waals surface area contributed by atoms with Crippen molar-refractivity contribution >= 4 is 23.5 Å². The van der Waals surface area contributed by atoms with E-state index >= 15 is 0 Å². The third-order valence-corrected chi connectivity index (χ3v) is 6.54. The van der Waals surface area contributed by atoms with Gasteiger partial charge in [-0.2, -0.15) is 0 Å². The van der Waals surface area contributed by atoms with Gasteiger partial charge in [-0.15, -0.1) is 0 Å². The normalized spacial score (nSPS) is 25.8. The molecule has 2 fully saturated rings. The fourth-order valence-corrected chi connectivity index (χ4v) is 4.77. The number of ether oxygens (including phenoxy) is 2. The lowest BCUT2D eigenvalue weighted by Gasteiger charge is -2.17. The molecule has 178 valence electrons. The first-order valence-corrected chi connectivity index (χ1v) is 12.1. The zero-order valence-electron chi connectivity index (χ0n) is 19.6. The number of hydrogen-bond donors (Lipinski definition) is 0. The topological polar surface area (TPSA) is 86.7 Å². The molecule has 0 N–H and O–H groups in total. The highest BCUT2D eigenvalue weighted by atomic mass is 16.6. The van der Waals surface area contributed by atoms with Crippen LogP contribution in [-0.2, 0) is 28.7 Å². The number of carbonyl (C=O) groups is 4. The van der Waals surface area contributed by atoms with Crippen molar-refractivity contribution in [3.05, 3.63) is 24.3 Å².